The summed E-state index contributed by atoms with van der Waals surface area (Å²) in [6.45, 7) is -0.300. The van der Waals surface area contributed by atoms with Crippen LogP contribution in [0.5, 0.6) is 5.75 Å². The van der Waals surface area contributed by atoms with Gasteiger partial charge in [0.15, 0.2) is 0 Å². The molecule has 8 heteroatoms. The van der Waals surface area contributed by atoms with Crippen LogP contribution >= 0.6 is 0 Å². The summed E-state index contributed by atoms with van der Waals surface area (Å²) < 4.78 is 20.3. The van der Waals surface area contributed by atoms with E-state index in [-0.39, 0.29) is 17.8 Å². The first-order chi connectivity index (χ1) is 14.0. The first-order valence-corrected chi connectivity index (χ1v) is 8.83. The van der Waals surface area contributed by atoms with E-state index in [2.05, 4.69) is 15.4 Å². The molecule has 0 atom stereocenters. The van der Waals surface area contributed by atoms with Gasteiger partial charge in [0.25, 0.3) is 5.56 Å². The Balaban J connectivity index is 1.59. The lowest BCUT2D eigenvalue weighted by atomic mass is 10.1. The summed E-state index contributed by atoms with van der Waals surface area (Å²) in [6.07, 6.45) is 1.78. The molecular formula is C21H17FN4O3. The predicted octanol–water partition coefficient (Wildman–Crippen LogP) is 3.18. The Hall–Kier alpha value is -3.94. The zero-order valence-electron chi connectivity index (χ0n) is 15.5. The minimum atomic E-state index is -0.536. The van der Waals surface area contributed by atoms with Crippen molar-refractivity contribution < 1.29 is 13.9 Å². The van der Waals surface area contributed by atoms with E-state index >= 15 is 0 Å². The van der Waals surface area contributed by atoms with Crippen molar-refractivity contribution in [3.05, 3.63) is 77.0 Å². The average Bonchev–Trinajstić information content (AvgIpc) is 3.19. The average molecular weight is 392 g/mol. The van der Waals surface area contributed by atoms with Crippen molar-refractivity contribution in [1.82, 2.24) is 14.8 Å². The summed E-state index contributed by atoms with van der Waals surface area (Å²) >= 11 is 0. The molecule has 0 bridgehead atoms. The number of halogens is 1. The number of amides is 1. The molecule has 4 rings (SSSR count). The van der Waals surface area contributed by atoms with E-state index in [1.165, 1.54) is 31.4 Å². The van der Waals surface area contributed by atoms with Crippen molar-refractivity contribution >= 4 is 22.5 Å². The molecule has 0 radical (unpaired) electrons. The summed E-state index contributed by atoms with van der Waals surface area (Å²) in [7, 11) is 1.44. The minimum absolute atomic E-state index is 0.206. The minimum Gasteiger partial charge on any atom is -0.497 e. The van der Waals surface area contributed by atoms with E-state index in [4.69, 9.17) is 4.74 Å². The lowest BCUT2D eigenvalue weighted by Gasteiger charge is -2.10. The second kappa shape index (κ2) is 7.59. The van der Waals surface area contributed by atoms with Crippen LogP contribution in [0.15, 0.2) is 65.6 Å². The van der Waals surface area contributed by atoms with Crippen LogP contribution in [0.3, 0.4) is 0 Å². The molecule has 146 valence electrons. The summed E-state index contributed by atoms with van der Waals surface area (Å²) in [5.74, 6) is -0.579. The first kappa shape index (κ1) is 18.4. The van der Waals surface area contributed by atoms with Crippen molar-refractivity contribution in [2.24, 2.45) is 0 Å². The molecule has 0 saturated carbocycles. The molecule has 0 saturated heterocycles. The summed E-state index contributed by atoms with van der Waals surface area (Å²) in [6, 6.07) is 14.3. The third-order valence-electron chi connectivity index (χ3n) is 4.48. The number of ether oxygens (including phenoxy) is 1. The van der Waals surface area contributed by atoms with E-state index in [0.29, 0.717) is 11.4 Å². The molecule has 7 nitrogen and oxygen atoms in total. The number of aromatic nitrogens is 3. The van der Waals surface area contributed by atoms with Crippen molar-refractivity contribution in [3.63, 3.8) is 0 Å². The van der Waals surface area contributed by atoms with E-state index in [9.17, 15) is 14.0 Å². The number of benzene rings is 2. The highest BCUT2D eigenvalue weighted by atomic mass is 19.1. The van der Waals surface area contributed by atoms with Crippen LogP contribution in [0.25, 0.3) is 22.2 Å². The quantitative estimate of drug-likeness (QED) is 0.546. The number of carbonyl (C=O) groups is 1. The Morgan fingerprint density at radius 1 is 1.21 bits per heavy atom. The molecule has 2 N–H and O–H groups in total. The van der Waals surface area contributed by atoms with Crippen LogP contribution < -0.4 is 15.6 Å². The molecule has 2 aromatic heterocycles. The number of hydrogen-bond donors (Lipinski definition) is 2. The van der Waals surface area contributed by atoms with Crippen LogP contribution in [-0.2, 0) is 11.3 Å². The topological polar surface area (TPSA) is 89.0 Å². The number of fused-ring (bicyclic) bond motifs is 1. The fourth-order valence-electron chi connectivity index (χ4n) is 3.06. The van der Waals surface area contributed by atoms with Gasteiger partial charge in [-0.3, -0.25) is 9.59 Å². The van der Waals surface area contributed by atoms with Gasteiger partial charge in [0.1, 0.15) is 18.1 Å². The van der Waals surface area contributed by atoms with E-state index in [0.717, 1.165) is 15.6 Å². The number of nitrogens with one attached hydrogen (secondary N) is 2. The second-order valence-electron chi connectivity index (χ2n) is 6.35. The first-order valence-electron chi connectivity index (χ1n) is 8.83. The fraction of sp³-hybridized carbons (Fsp3) is 0.0952. The number of nitrogens with zero attached hydrogens (tertiary/aromatic N) is 2. The normalized spacial score (nSPS) is 10.8. The van der Waals surface area contributed by atoms with Gasteiger partial charge < -0.3 is 15.0 Å². The van der Waals surface area contributed by atoms with Crippen molar-refractivity contribution in [2.75, 3.05) is 12.4 Å². The third kappa shape index (κ3) is 3.73. The number of carbonyl (C=O) groups excluding carboxylic acids is 1. The molecule has 0 aliphatic heterocycles. The molecule has 4 aromatic rings. The molecule has 0 fully saturated rings. The number of aromatic amines is 1. The smallest absolute Gasteiger partial charge is 0.267 e. The Bertz CT molecular complexity index is 1260. The van der Waals surface area contributed by atoms with E-state index < -0.39 is 17.3 Å². The highest BCUT2D eigenvalue weighted by Gasteiger charge is 2.13. The molecule has 29 heavy (non-hydrogen) atoms. The molecular weight excluding hydrogens is 375 g/mol. The Labute approximate surface area is 164 Å². The SMILES string of the molecule is COc1ccc(-c2ccc(=O)n(CC(=O)Nc3cccc4[nH]ccc34)n2)c(F)c1. The zero-order valence-corrected chi connectivity index (χ0v) is 15.5. The maximum Gasteiger partial charge on any atom is 0.267 e. The summed E-state index contributed by atoms with van der Waals surface area (Å²) in [5, 5.41) is 7.79. The number of H-pyrrole nitrogens is 1. The summed E-state index contributed by atoms with van der Waals surface area (Å²) in [4.78, 5) is 27.7. The van der Waals surface area contributed by atoms with Gasteiger partial charge in [-0.25, -0.2) is 9.07 Å². The maximum atomic E-state index is 14.3. The zero-order chi connectivity index (χ0) is 20.4. The highest BCUT2D eigenvalue weighted by Crippen LogP contribution is 2.24. The molecule has 1 amide bonds. The number of anilines is 1. The van der Waals surface area contributed by atoms with Crippen LogP contribution in [-0.4, -0.2) is 27.8 Å². The number of hydrogen-bond acceptors (Lipinski definition) is 4. The van der Waals surface area contributed by atoms with Gasteiger partial charge in [0, 0.05) is 34.8 Å². The third-order valence-corrected chi connectivity index (χ3v) is 4.48. The molecule has 2 aromatic carbocycles. The Kier molecular flexibility index (Phi) is 4.82. The van der Waals surface area contributed by atoms with Gasteiger partial charge in [-0.15, -0.1) is 0 Å². The summed E-state index contributed by atoms with van der Waals surface area (Å²) in [5.41, 5.74) is 1.49. The fourth-order valence-corrected chi connectivity index (χ4v) is 3.06. The van der Waals surface area contributed by atoms with Crippen molar-refractivity contribution in [3.8, 4) is 17.0 Å². The maximum absolute atomic E-state index is 14.3. The van der Waals surface area contributed by atoms with Gasteiger partial charge in [-0.2, -0.15) is 5.10 Å². The van der Waals surface area contributed by atoms with E-state index in [1.807, 2.05) is 18.2 Å². The van der Waals surface area contributed by atoms with Gasteiger partial charge in [-0.1, -0.05) is 6.07 Å². The predicted molar refractivity (Wildman–Crippen MR) is 107 cm³/mol. The highest BCUT2D eigenvalue weighted by molar-refractivity contribution is 6.01. The monoisotopic (exact) mass is 392 g/mol. The number of methoxy groups -OCH3 is 1. The molecule has 0 aliphatic rings. The molecule has 0 aliphatic carbocycles. The standard InChI is InChI=1S/C21H17FN4O3/c1-29-13-5-6-14(16(22)11-13)19-7-8-21(28)26(25-19)12-20(27)24-18-4-2-3-17-15(18)9-10-23-17/h2-11,23H,12H2,1H3,(H,24,27). The van der Waals surface area contributed by atoms with Crippen molar-refractivity contribution in [1.29, 1.82) is 0 Å². The van der Waals surface area contributed by atoms with Gasteiger partial charge in [0.05, 0.1) is 18.5 Å². The lowest BCUT2D eigenvalue weighted by Crippen LogP contribution is -2.29. The van der Waals surface area contributed by atoms with Crippen LogP contribution in [0.4, 0.5) is 10.1 Å². The Morgan fingerprint density at radius 3 is 2.86 bits per heavy atom. The second-order valence-corrected chi connectivity index (χ2v) is 6.35. The van der Waals surface area contributed by atoms with Crippen LogP contribution in [0.1, 0.15) is 0 Å². The van der Waals surface area contributed by atoms with Crippen LogP contribution in [0.2, 0.25) is 0 Å². The largest absolute Gasteiger partial charge is 0.497 e. The number of rotatable bonds is 5. The Morgan fingerprint density at radius 2 is 2.07 bits per heavy atom. The van der Waals surface area contributed by atoms with E-state index in [1.54, 1.807) is 18.3 Å². The van der Waals surface area contributed by atoms with Crippen LogP contribution in [0, 0.1) is 5.82 Å². The van der Waals surface area contributed by atoms with Gasteiger partial charge in [-0.05, 0) is 36.4 Å². The van der Waals surface area contributed by atoms with Gasteiger partial charge >= 0.3 is 0 Å². The van der Waals surface area contributed by atoms with Gasteiger partial charge in [0.2, 0.25) is 5.91 Å². The molecule has 2 heterocycles. The van der Waals surface area contributed by atoms with Crippen molar-refractivity contribution in [2.45, 2.75) is 6.54 Å². The molecule has 0 spiro atoms. The lowest BCUT2D eigenvalue weighted by molar-refractivity contribution is -0.117. The molecule has 0 unspecified atom stereocenters.